The van der Waals surface area contributed by atoms with Gasteiger partial charge < -0.3 is 10.6 Å². The molecule has 0 unspecified atom stereocenters. The number of benzene rings is 2. The van der Waals surface area contributed by atoms with Crippen LogP contribution in [0.15, 0.2) is 48.5 Å². The number of rotatable bonds is 8. The Morgan fingerprint density at radius 1 is 0.600 bits per heavy atom. The smallest absolute Gasteiger partial charge is 0.238 e. The second kappa shape index (κ2) is 10.9. The van der Waals surface area contributed by atoms with Crippen LogP contribution < -0.4 is 10.6 Å². The normalized spacial score (nSPS) is 29.1. The molecule has 4 bridgehead atoms. The average Bonchev–Trinajstić information content (AvgIpc) is 3.65. The third-order valence-electron chi connectivity index (χ3n) is 10.9. The molecule has 212 valence electrons. The topological polar surface area (TPSA) is 64.7 Å². The fourth-order valence-electron chi connectivity index (χ4n) is 9.38. The number of hydrogen-bond acceptors (Lipinski definition) is 4. The molecule has 6 fully saturated rings. The molecule has 40 heavy (non-hydrogen) atoms. The Balaban J connectivity index is 1.12. The van der Waals surface area contributed by atoms with E-state index in [0.717, 1.165) is 49.4 Å². The van der Waals surface area contributed by atoms with Gasteiger partial charge in [0.25, 0.3) is 0 Å². The number of likely N-dealkylation sites (tertiary alicyclic amines) is 2. The Morgan fingerprint density at radius 3 is 1.35 bits per heavy atom. The van der Waals surface area contributed by atoms with Crippen molar-refractivity contribution in [1.82, 2.24) is 9.80 Å². The molecule has 6 heteroatoms. The van der Waals surface area contributed by atoms with Crippen molar-refractivity contribution >= 4 is 23.2 Å². The molecule has 4 aliphatic carbocycles. The van der Waals surface area contributed by atoms with Crippen molar-refractivity contribution < 1.29 is 9.59 Å². The second-order valence-electron chi connectivity index (χ2n) is 13.4. The maximum atomic E-state index is 12.7. The van der Waals surface area contributed by atoms with E-state index in [1.54, 1.807) is 0 Å². The molecule has 2 aromatic rings. The molecule has 0 spiro atoms. The molecular weight excluding hydrogens is 496 g/mol. The van der Waals surface area contributed by atoms with Crippen molar-refractivity contribution in [2.45, 2.75) is 63.2 Å². The maximum absolute atomic E-state index is 12.7. The van der Waals surface area contributed by atoms with Gasteiger partial charge in [0.2, 0.25) is 11.8 Å². The molecule has 2 aromatic carbocycles. The van der Waals surface area contributed by atoms with Crippen molar-refractivity contribution in [2.24, 2.45) is 23.7 Å². The predicted octanol–water partition coefficient (Wildman–Crippen LogP) is 5.50. The summed E-state index contributed by atoms with van der Waals surface area (Å²) in [6.07, 6.45) is 11.5. The summed E-state index contributed by atoms with van der Waals surface area (Å²) >= 11 is 0. The first-order valence-electron chi connectivity index (χ1n) is 15.8. The summed E-state index contributed by atoms with van der Waals surface area (Å²) in [5.74, 6) is 3.22. The SMILES string of the molecule is O=C(CN1CCCC1)Nc1ccc(C2(c3ccc(NC(=O)CN4CCCC4)cc3)C3CC4CC(C3)CC2C4)cc1. The summed E-state index contributed by atoms with van der Waals surface area (Å²) in [5.41, 5.74) is 4.57. The number of nitrogens with one attached hydrogen (secondary N) is 2. The van der Waals surface area contributed by atoms with Gasteiger partial charge >= 0.3 is 0 Å². The Morgan fingerprint density at radius 2 is 0.975 bits per heavy atom. The lowest BCUT2D eigenvalue weighted by molar-refractivity contribution is -0.117. The summed E-state index contributed by atoms with van der Waals surface area (Å²) in [6.45, 7) is 5.08. The molecular formula is C34H44N4O2. The van der Waals surface area contributed by atoms with E-state index < -0.39 is 0 Å². The first kappa shape index (κ1) is 26.2. The second-order valence-corrected chi connectivity index (χ2v) is 13.4. The molecule has 2 N–H and O–H groups in total. The number of hydrogen-bond donors (Lipinski definition) is 2. The van der Waals surface area contributed by atoms with E-state index in [0.29, 0.717) is 24.9 Å². The van der Waals surface area contributed by atoms with Crippen molar-refractivity contribution in [3.63, 3.8) is 0 Å². The lowest BCUT2D eigenvalue weighted by Crippen LogP contribution is -2.56. The molecule has 2 aliphatic heterocycles. The summed E-state index contributed by atoms with van der Waals surface area (Å²) in [5, 5.41) is 6.29. The van der Waals surface area contributed by atoms with Crippen molar-refractivity contribution in [1.29, 1.82) is 0 Å². The van der Waals surface area contributed by atoms with E-state index in [1.807, 2.05) is 0 Å². The van der Waals surface area contributed by atoms with Crippen LogP contribution >= 0.6 is 0 Å². The third kappa shape index (κ3) is 4.98. The van der Waals surface area contributed by atoms with Crippen LogP contribution in [-0.2, 0) is 15.0 Å². The minimum absolute atomic E-state index is 0.00357. The highest BCUT2D eigenvalue weighted by molar-refractivity contribution is 5.93. The summed E-state index contributed by atoms with van der Waals surface area (Å²) < 4.78 is 0. The van der Waals surface area contributed by atoms with Gasteiger partial charge in [0, 0.05) is 16.8 Å². The largest absolute Gasteiger partial charge is 0.325 e. The monoisotopic (exact) mass is 540 g/mol. The van der Waals surface area contributed by atoms with Crippen molar-refractivity contribution in [2.75, 3.05) is 49.9 Å². The Bertz CT molecular complexity index is 1110. The minimum Gasteiger partial charge on any atom is -0.325 e. The van der Waals surface area contributed by atoms with Crippen LogP contribution in [0.3, 0.4) is 0 Å². The molecule has 2 amide bonds. The van der Waals surface area contributed by atoms with Crippen LogP contribution in [0, 0.1) is 23.7 Å². The molecule has 8 rings (SSSR count). The Kier molecular flexibility index (Phi) is 7.17. The molecule has 2 saturated heterocycles. The predicted molar refractivity (Wildman–Crippen MR) is 159 cm³/mol. The molecule has 6 aliphatic rings. The van der Waals surface area contributed by atoms with Gasteiger partial charge in [-0.25, -0.2) is 0 Å². The van der Waals surface area contributed by atoms with E-state index in [-0.39, 0.29) is 17.2 Å². The molecule has 2 heterocycles. The molecule has 0 radical (unpaired) electrons. The first-order chi connectivity index (χ1) is 19.6. The summed E-state index contributed by atoms with van der Waals surface area (Å²) in [4.78, 5) is 29.8. The fraction of sp³-hybridized carbons (Fsp3) is 0.588. The summed E-state index contributed by atoms with van der Waals surface area (Å²) in [7, 11) is 0. The minimum atomic E-state index is 0.00357. The number of carbonyl (C=O) groups excluding carboxylic acids is 2. The van der Waals surface area contributed by atoms with Crippen LogP contribution in [0.1, 0.15) is 68.9 Å². The zero-order valence-electron chi connectivity index (χ0n) is 23.7. The van der Waals surface area contributed by atoms with Crippen LogP contribution in [0.25, 0.3) is 0 Å². The van der Waals surface area contributed by atoms with E-state index in [9.17, 15) is 9.59 Å². The van der Waals surface area contributed by atoms with E-state index in [2.05, 4.69) is 69.0 Å². The molecule has 0 aromatic heterocycles. The molecule has 6 nitrogen and oxygen atoms in total. The number of carbonyl (C=O) groups is 2. The number of anilines is 2. The Hall–Kier alpha value is -2.70. The molecule has 0 atom stereocenters. The average molecular weight is 541 g/mol. The standard InChI is InChI=1S/C34H44N4O2/c39-32(22-37-13-1-2-14-37)35-30-9-5-26(6-10-30)34(28-18-24-17-25(20-28)21-29(34)19-24)27-7-11-31(12-8-27)36-33(40)23-38-15-3-4-16-38/h5-12,24-25,28-29H,1-4,13-23H2,(H,35,39)(H,36,40). The molecule has 4 saturated carbocycles. The van der Waals surface area contributed by atoms with Gasteiger partial charge in [-0.1, -0.05) is 24.3 Å². The van der Waals surface area contributed by atoms with Gasteiger partial charge in [-0.3, -0.25) is 19.4 Å². The maximum Gasteiger partial charge on any atom is 0.238 e. The van der Waals surface area contributed by atoms with Crippen molar-refractivity contribution in [3.8, 4) is 0 Å². The van der Waals surface area contributed by atoms with Crippen LogP contribution in [0.2, 0.25) is 0 Å². The van der Waals surface area contributed by atoms with E-state index in [1.165, 1.54) is 68.9 Å². The highest BCUT2D eigenvalue weighted by Crippen LogP contribution is 2.65. The van der Waals surface area contributed by atoms with Gasteiger partial charge in [0.1, 0.15) is 0 Å². The summed E-state index contributed by atoms with van der Waals surface area (Å²) in [6, 6.07) is 17.7. The van der Waals surface area contributed by atoms with Gasteiger partial charge in [-0.2, -0.15) is 0 Å². The highest BCUT2D eigenvalue weighted by Gasteiger charge is 2.58. The first-order valence-corrected chi connectivity index (χ1v) is 15.8. The fourth-order valence-corrected chi connectivity index (χ4v) is 9.38. The quantitative estimate of drug-likeness (QED) is 0.464. The van der Waals surface area contributed by atoms with Crippen molar-refractivity contribution in [3.05, 3.63) is 59.7 Å². The van der Waals surface area contributed by atoms with Gasteiger partial charge in [-0.15, -0.1) is 0 Å². The van der Waals surface area contributed by atoms with Gasteiger partial charge in [0.15, 0.2) is 0 Å². The third-order valence-corrected chi connectivity index (χ3v) is 10.9. The van der Waals surface area contributed by atoms with Gasteiger partial charge in [0.05, 0.1) is 13.1 Å². The Labute approximate surface area is 238 Å². The van der Waals surface area contributed by atoms with Crippen LogP contribution in [-0.4, -0.2) is 60.9 Å². The van der Waals surface area contributed by atoms with E-state index in [4.69, 9.17) is 0 Å². The zero-order chi connectivity index (χ0) is 27.1. The zero-order valence-corrected chi connectivity index (χ0v) is 23.7. The number of amides is 2. The van der Waals surface area contributed by atoms with Crippen LogP contribution in [0.5, 0.6) is 0 Å². The van der Waals surface area contributed by atoms with Gasteiger partial charge in [-0.05, 0) is 143 Å². The highest BCUT2D eigenvalue weighted by atomic mass is 16.2. The number of nitrogens with zero attached hydrogens (tertiary/aromatic N) is 2. The lowest BCUT2D eigenvalue weighted by atomic mass is 9.42. The van der Waals surface area contributed by atoms with Crippen LogP contribution in [0.4, 0.5) is 11.4 Å². The lowest BCUT2D eigenvalue weighted by Gasteiger charge is -2.62. The van der Waals surface area contributed by atoms with E-state index >= 15 is 0 Å².